The summed E-state index contributed by atoms with van der Waals surface area (Å²) in [4.78, 5) is 20.3. The first-order valence-corrected chi connectivity index (χ1v) is 8.28. The molecule has 7 nitrogen and oxygen atoms in total. The second kappa shape index (κ2) is 9.39. The predicted molar refractivity (Wildman–Crippen MR) is 92.7 cm³/mol. The molecule has 1 aliphatic carbocycles. The summed E-state index contributed by atoms with van der Waals surface area (Å²) in [5, 5.41) is 35.2. The van der Waals surface area contributed by atoms with Crippen molar-refractivity contribution in [1.29, 1.82) is 0 Å². The summed E-state index contributed by atoms with van der Waals surface area (Å²) in [7, 11) is 4.08. The number of phenols is 1. The van der Waals surface area contributed by atoms with E-state index in [2.05, 4.69) is 4.90 Å². The van der Waals surface area contributed by atoms with E-state index >= 15 is 0 Å². The predicted octanol–water partition coefficient (Wildman–Crippen LogP) is 1.89. The van der Waals surface area contributed by atoms with Gasteiger partial charge in [-0.25, -0.2) is 9.59 Å². The molecule has 1 saturated carbocycles. The summed E-state index contributed by atoms with van der Waals surface area (Å²) in [6.07, 6.45) is 5.21. The summed E-state index contributed by atoms with van der Waals surface area (Å²) < 4.78 is 0. The zero-order valence-corrected chi connectivity index (χ0v) is 14.7. The lowest BCUT2D eigenvalue weighted by Crippen LogP contribution is -2.42. The van der Waals surface area contributed by atoms with Crippen molar-refractivity contribution < 1.29 is 30.0 Å². The van der Waals surface area contributed by atoms with Crippen molar-refractivity contribution in [2.24, 2.45) is 0 Å². The maximum Gasteiger partial charge on any atom is 0.414 e. The zero-order valence-electron chi connectivity index (χ0n) is 14.7. The highest BCUT2D eigenvalue weighted by molar-refractivity contribution is 6.27. The van der Waals surface area contributed by atoms with Crippen LogP contribution >= 0.6 is 0 Å². The highest BCUT2D eigenvalue weighted by atomic mass is 16.4. The SMILES string of the molecule is CN(C)CC(c1ccc(O)cc1)C1(O)CCCCC1.O=C(O)C(=O)O. The fraction of sp³-hybridized carbons (Fsp3) is 0.556. The smallest absolute Gasteiger partial charge is 0.414 e. The van der Waals surface area contributed by atoms with Crippen LogP contribution in [0, 0.1) is 0 Å². The summed E-state index contributed by atoms with van der Waals surface area (Å²) in [6, 6.07) is 7.31. The molecule has 1 aliphatic rings. The molecule has 0 heterocycles. The minimum absolute atomic E-state index is 0.114. The molecule has 25 heavy (non-hydrogen) atoms. The van der Waals surface area contributed by atoms with Crippen molar-refractivity contribution in [1.82, 2.24) is 4.90 Å². The molecular weight excluding hydrogens is 326 g/mol. The van der Waals surface area contributed by atoms with Crippen LogP contribution in [0.15, 0.2) is 24.3 Å². The van der Waals surface area contributed by atoms with Gasteiger partial charge in [0.25, 0.3) is 0 Å². The van der Waals surface area contributed by atoms with Crippen LogP contribution in [0.4, 0.5) is 0 Å². The van der Waals surface area contributed by atoms with Gasteiger partial charge in [0.05, 0.1) is 5.60 Å². The van der Waals surface area contributed by atoms with Crippen LogP contribution in [-0.4, -0.2) is 63.5 Å². The number of carbonyl (C=O) groups is 2. The van der Waals surface area contributed by atoms with Gasteiger partial charge in [-0.15, -0.1) is 0 Å². The van der Waals surface area contributed by atoms with Crippen molar-refractivity contribution in [2.75, 3.05) is 20.6 Å². The number of carboxylic acid groups (broad SMARTS) is 2. The third kappa shape index (κ3) is 6.72. The minimum Gasteiger partial charge on any atom is -0.508 e. The fourth-order valence-electron chi connectivity index (χ4n) is 3.17. The van der Waals surface area contributed by atoms with E-state index in [0.717, 1.165) is 37.8 Å². The molecule has 7 heteroatoms. The molecule has 4 N–H and O–H groups in total. The normalized spacial score (nSPS) is 17.3. The van der Waals surface area contributed by atoms with Gasteiger partial charge in [0.2, 0.25) is 0 Å². The Morgan fingerprint density at radius 2 is 1.52 bits per heavy atom. The first-order valence-electron chi connectivity index (χ1n) is 8.28. The molecule has 140 valence electrons. The summed E-state index contributed by atoms with van der Waals surface area (Å²) in [5.74, 6) is -3.25. The Balaban J connectivity index is 0.000000450. The van der Waals surface area contributed by atoms with Gasteiger partial charge in [0, 0.05) is 12.5 Å². The van der Waals surface area contributed by atoms with E-state index in [4.69, 9.17) is 19.8 Å². The molecule has 0 aromatic heterocycles. The van der Waals surface area contributed by atoms with Crippen LogP contribution in [-0.2, 0) is 9.59 Å². The fourth-order valence-corrected chi connectivity index (χ4v) is 3.17. The second-order valence-electron chi connectivity index (χ2n) is 6.68. The maximum absolute atomic E-state index is 11.0. The number of aliphatic carboxylic acids is 2. The molecular formula is C18H27NO6. The van der Waals surface area contributed by atoms with Crippen LogP contribution in [0.2, 0.25) is 0 Å². The molecule has 0 spiro atoms. The number of hydrogen-bond acceptors (Lipinski definition) is 5. The number of benzene rings is 1. The van der Waals surface area contributed by atoms with Gasteiger partial charge < -0.3 is 25.3 Å². The summed E-state index contributed by atoms with van der Waals surface area (Å²) in [6.45, 7) is 0.835. The number of rotatable bonds is 4. The monoisotopic (exact) mass is 353 g/mol. The lowest BCUT2D eigenvalue weighted by atomic mass is 9.72. The lowest BCUT2D eigenvalue weighted by Gasteiger charge is -2.40. The summed E-state index contributed by atoms with van der Waals surface area (Å²) >= 11 is 0. The Morgan fingerprint density at radius 1 is 1.04 bits per heavy atom. The Kier molecular flexibility index (Phi) is 7.86. The number of aromatic hydroxyl groups is 1. The second-order valence-corrected chi connectivity index (χ2v) is 6.68. The van der Waals surface area contributed by atoms with Crippen molar-refractivity contribution in [3.63, 3.8) is 0 Å². The topological polar surface area (TPSA) is 118 Å². The lowest BCUT2D eigenvalue weighted by molar-refractivity contribution is -0.159. The highest BCUT2D eigenvalue weighted by Gasteiger charge is 2.38. The largest absolute Gasteiger partial charge is 0.508 e. The third-order valence-corrected chi connectivity index (χ3v) is 4.39. The maximum atomic E-state index is 11.0. The molecule has 1 aromatic carbocycles. The Bertz CT molecular complexity index is 551. The first-order chi connectivity index (χ1) is 11.7. The minimum atomic E-state index is -1.82. The number of aliphatic hydroxyl groups is 1. The number of likely N-dealkylation sites (N-methyl/N-ethyl adjacent to an activating group) is 1. The number of carboxylic acids is 2. The van der Waals surface area contributed by atoms with Crippen LogP contribution in [0.25, 0.3) is 0 Å². The Labute approximate surface area is 147 Å². The van der Waals surface area contributed by atoms with Gasteiger partial charge in [-0.2, -0.15) is 0 Å². The van der Waals surface area contributed by atoms with Crippen LogP contribution in [0.3, 0.4) is 0 Å². The van der Waals surface area contributed by atoms with Crippen molar-refractivity contribution in [2.45, 2.75) is 43.6 Å². The van der Waals surface area contributed by atoms with Crippen molar-refractivity contribution >= 4 is 11.9 Å². The molecule has 1 aromatic rings. The average molecular weight is 353 g/mol. The number of phenolic OH excluding ortho intramolecular Hbond substituents is 1. The molecule has 2 rings (SSSR count). The van der Waals surface area contributed by atoms with Gasteiger partial charge in [-0.1, -0.05) is 31.4 Å². The van der Waals surface area contributed by atoms with Gasteiger partial charge in [-0.05, 0) is 44.6 Å². The number of nitrogens with zero attached hydrogens (tertiary/aromatic N) is 1. The van der Waals surface area contributed by atoms with Gasteiger partial charge in [0.15, 0.2) is 0 Å². The molecule has 1 atom stereocenters. The first kappa shape index (κ1) is 20.9. The van der Waals surface area contributed by atoms with Gasteiger partial charge >= 0.3 is 11.9 Å². The van der Waals surface area contributed by atoms with Crippen molar-refractivity contribution in [3.8, 4) is 5.75 Å². The molecule has 0 bridgehead atoms. The van der Waals surface area contributed by atoms with E-state index < -0.39 is 17.5 Å². The zero-order chi connectivity index (χ0) is 19.0. The van der Waals surface area contributed by atoms with E-state index in [1.807, 2.05) is 26.2 Å². The highest BCUT2D eigenvalue weighted by Crippen LogP contribution is 2.40. The van der Waals surface area contributed by atoms with E-state index in [0.29, 0.717) is 0 Å². The molecule has 0 saturated heterocycles. The van der Waals surface area contributed by atoms with Gasteiger partial charge in [0.1, 0.15) is 5.75 Å². The third-order valence-electron chi connectivity index (χ3n) is 4.39. The van der Waals surface area contributed by atoms with Crippen LogP contribution < -0.4 is 0 Å². The van der Waals surface area contributed by atoms with Crippen LogP contribution in [0.1, 0.15) is 43.6 Å². The van der Waals surface area contributed by atoms with E-state index in [-0.39, 0.29) is 11.7 Å². The van der Waals surface area contributed by atoms with Gasteiger partial charge in [-0.3, -0.25) is 0 Å². The Morgan fingerprint density at radius 3 is 1.92 bits per heavy atom. The standard InChI is InChI=1S/C16H25NO2.C2H2O4/c1-17(2)12-15(13-6-8-14(18)9-7-13)16(19)10-4-3-5-11-16;3-1(4)2(5)6/h6-9,15,18-19H,3-5,10-12H2,1-2H3;(H,3,4)(H,5,6). The number of hydrogen-bond donors (Lipinski definition) is 4. The van der Waals surface area contributed by atoms with E-state index in [1.165, 1.54) is 6.42 Å². The molecule has 0 radical (unpaired) electrons. The molecule has 1 unspecified atom stereocenters. The quantitative estimate of drug-likeness (QED) is 0.610. The molecule has 0 aliphatic heterocycles. The van der Waals surface area contributed by atoms with Crippen molar-refractivity contribution in [3.05, 3.63) is 29.8 Å². The molecule has 1 fully saturated rings. The molecule has 0 amide bonds. The van der Waals surface area contributed by atoms with E-state index in [1.54, 1.807) is 12.1 Å². The Hall–Kier alpha value is -2.12. The average Bonchev–Trinajstić information content (AvgIpc) is 2.54. The van der Waals surface area contributed by atoms with Crippen LogP contribution in [0.5, 0.6) is 5.75 Å². The van der Waals surface area contributed by atoms with E-state index in [9.17, 15) is 10.2 Å². The summed E-state index contributed by atoms with van der Waals surface area (Å²) in [5.41, 5.74) is 0.523.